The van der Waals surface area contributed by atoms with E-state index in [1.807, 2.05) is 36.1 Å². The summed E-state index contributed by atoms with van der Waals surface area (Å²) in [5.74, 6) is 0.384. The SMILES string of the molecule is Cc1ccc2c(c1)[C@@H](C)Oc1nc(cnc1N)-c1c(nn(C)c1C#N)CN1C=NNN21. The van der Waals surface area contributed by atoms with Gasteiger partial charge < -0.3 is 10.5 Å². The zero-order valence-corrected chi connectivity index (χ0v) is 17.2. The van der Waals surface area contributed by atoms with Gasteiger partial charge in [-0.3, -0.25) is 4.68 Å². The van der Waals surface area contributed by atoms with Crippen molar-refractivity contribution in [3.63, 3.8) is 0 Å². The predicted molar refractivity (Wildman–Crippen MR) is 113 cm³/mol. The lowest BCUT2D eigenvalue weighted by Crippen LogP contribution is -2.43. The number of nitriles is 1. The highest BCUT2D eigenvalue weighted by Crippen LogP contribution is 2.36. The highest BCUT2D eigenvalue weighted by molar-refractivity contribution is 5.71. The first-order valence-corrected chi connectivity index (χ1v) is 9.68. The van der Waals surface area contributed by atoms with Gasteiger partial charge in [-0.05, 0) is 19.9 Å². The Balaban J connectivity index is 1.76. The molecule has 1 aromatic carbocycles. The molecule has 3 N–H and O–H groups in total. The number of hydrazone groups is 1. The average molecular weight is 416 g/mol. The average Bonchev–Trinajstić information content (AvgIpc) is 3.32. The van der Waals surface area contributed by atoms with Crippen LogP contribution in [0.25, 0.3) is 11.3 Å². The van der Waals surface area contributed by atoms with Crippen molar-refractivity contribution in [2.75, 3.05) is 10.9 Å². The number of hydrogen-bond acceptors (Lipinski definition) is 10. The van der Waals surface area contributed by atoms with Crippen molar-refractivity contribution in [2.24, 2.45) is 12.1 Å². The third-order valence-corrected chi connectivity index (χ3v) is 5.30. The van der Waals surface area contributed by atoms with Crippen LogP contribution in [-0.4, -0.2) is 31.1 Å². The number of hydrazine groups is 2. The fraction of sp³-hybridized carbons (Fsp3) is 0.250. The second-order valence-corrected chi connectivity index (χ2v) is 7.43. The number of aromatic nitrogens is 4. The van der Waals surface area contributed by atoms with Crippen molar-refractivity contribution in [2.45, 2.75) is 26.5 Å². The Kier molecular flexibility index (Phi) is 4.14. The molecule has 0 amide bonds. The van der Waals surface area contributed by atoms with Crippen LogP contribution in [0, 0.1) is 18.3 Å². The molecule has 156 valence electrons. The van der Waals surface area contributed by atoms with E-state index < -0.39 is 0 Å². The summed E-state index contributed by atoms with van der Waals surface area (Å²) in [6.45, 7) is 4.30. The third kappa shape index (κ3) is 2.96. The smallest absolute Gasteiger partial charge is 0.258 e. The number of nitrogen functional groups attached to an aromatic ring is 1. The fourth-order valence-corrected chi connectivity index (χ4v) is 3.81. The lowest BCUT2D eigenvalue weighted by atomic mass is 10.0. The monoisotopic (exact) mass is 416 g/mol. The molecule has 31 heavy (non-hydrogen) atoms. The minimum Gasteiger partial charge on any atom is -0.467 e. The van der Waals surface area contributed by atoms with Crippen LogP contribution in [0.1, 0.15) is 35.5 Å². The number of nitrogens with two attached hydrogens (primary N) is 1. The number of benzene rings is 1. The van der Waals surface area contributed by atoms with E-state index in [2.05, 4.69) is 37.8 Å². The number of ether oxygens (including phenoxy) is 1. The van der Waals surface area contributed by atoms with Gasteiger partial charge in [0.1, 0.15) is 24.2 Å². The Bertz CT molecular complexity index is 1260. The van der Waals surface area contributed by atoms with Crippen molar-refractivity contribution in [3.05, 3.63) is 46.9 Å². The first kappa shape index (κ1) is 18.7. The van der Waals surface area contributed by atoms with Crippen LogP contribution >= 0.6 is 0 Å². The van der Waals surface area contributed by atoms with E-state index in [0.29, 0.717) is 29.2 Å². The van der Waals surface area contributed by atoms with Crippen LogP contribution in [0.5, 0.6) is 5.88 Å². The Morgan fingerprint density at radius 3 is 3.00 bits per heavy atom. The first-order valence-electron chi connectivity index (χ1n) is 9.68. The molecule has 0 fully saturated rings. The molecule has 2 bridgehead atoms. The van der Waals surface area contributed by atoms with E-state index >= 15 is 0 Å². The Hall–Kier alpha value is -4.33. The highest BCUT2D eigenvalue weighted by Gasteiger charge is 2.29. The number of hydrogen-bond donors (Lipinski definition) is 2. The Labute approximate surface area is 178 Å². The summed E-state index contributed by atoms with van der Waals surface area (Å²) in [4.78, 5) is 8.87. The standard InChI is InChI=1S/C20H20N10O/c1-11-4-5-16-13(6-11)12(2)31-20-19(22)23-8-14(25-20)18-15(26-28(3)17(18)7-21)9-29-10-24-27-30(16)29/h4-6,8,10,12,27H,9H2,1-3H3,(H2,22,23)/t12-/m1/s1. The van der Waals surface area contributed by atoms with Crippen LogP contribution in [0.4, 0.5) is 11.5 Å². The molecule has 5 rings (SSSR count). The van der Waals surface area contributed by atoms with Gasteiger partial charge in [0.15, 0.2) is 5.82 Å². The number of rotatable bonds is 0. The van der Waals surface area contributed by atoms with Crippen LogP contribution in [0.3, 0.4) is 0 Å². The van der Waals surface area contributed by atoms with E-state index in [0.717, 1.165) is 16.8 Å². The molecule has 0 radical (unpaired) electrons. The number of anilines is 2. The largest absolute Gasteiger partial charge is 0.467 e. The topological polar surface area (TPSA) is 134 Å². The molecular weight excluding hydrogens is 396 g/mol. The van der Waals surface area contributed by atoms with Gasteiger partial charge in [0, 0.05) is 12.6 Å². The molecule has 1 atom stereocenters. The molecule has 0 aliphatic carbocycles. The van der Waals surface area contributed by atoms with E-state index in [9.17, 15) is 5.26 Å². The van der Waals surface area contributed by atoms with Crippen LogP contribution < -0.4 is 21.1 Å². The minimum absolute atomic E-state index is 0.176. The highest BCUT2D eigenvalue weighted by atomic mass is 16.5. The molecule has 2 aliphatic rings. The second-order valence-electron chi connectivity index (χ2n) is 7.43. The fourth-order valence-electron chi connectivity index (χ4n) is 3.81. The molecule has 2 aliphatic heterocycles. The first-order chi connectivity index (χ1) is 15.0. The van der Waals surface area contributed by atoms with Gasteiger partial charge in [0.25, 0.3) is 5.88 Å². The van der Waals surface area contributed by atoms with E-state index in [1.165, 1.54) is 10.9 Å². The van der Waals surface area contributed by atoms with Crippen molar-refractivity contribution in [1.29, 1.82) is 5.26 Å². The molecule has 0 saturated carbocycles. The summed E-state index contributed by atoms with van der Waals surface area (Å²) in [7, 11) is 1.72. The maximum atomic E-state index is 9.75. The zero-order chi connectivity index (χ0) is 21.7. The second kappa shape index (κ2) is 6.88. The number of nitrogens with one attached hydrogen (secondary N) is 1. The maximum Gasteiger partial charge on any atom is 0.258 e. The number of fused-ring (bicyclic) bond motifs is 7. The molecular formula is C20H20N10O. The molecule has 3 aromatic rings. The summed E-state index contributed by atoms with van der Waals surface area (Å²) < 4.78 is 7.70. The Morgan fingerprint density at radius 2 is 2.19 bits per heavy atom. The summed E-state index contributed by atoms with van der Waals surface area (Å²) in [5.41, 5.74) is 14.0. The maximum absolute atomic E-state index is 9.75. The van der Waals surface area contributed by atoms with Gasteiger partial charge in [-0.15, -0.1) is 5.10 Å². The lowest BCUT2D eigenvalue weighted by molar-refractivity contribution is 0.217. The van der Waals surface area contributed by atoms with E-state index in [4.69, 9.17) is 10.5 Å². The van der Waals surface area contributed by atoms with Crippen molar-refractivity contribution in [3.8, 4) is 23.2 Å². The van der Waals surface area contributed by atoms with Gasteiger partial charge >= 0.3 is 0 Å². The predicted octanol–water partition coefficient (Wildman–Crippen LogP) is 1.78. The van der Waals surface area contributed by atoms with Gasteiger partial charge in [-0.2, -0.15) is 21.0 Å². The normalized spacial score (nSPS) is 16.8. The van der Waals surface area contributed by atoms with E-state index in [-0.39, 0.29) is 17.8 Å². The minimum atomic E-state index is -0.380. The zero-order valence-electron chi connectivity index (χ0n) is 17.2. The molecule has 0 saturated heterocycles. The number of nitrogens with zero attached hydrogens (tertiary/aromatic N) is 8. The summed E-state index contributed by atoms with van der Waals surface area (Å²) in [6, 6.07) is 8.28. The summed E-state index contributed by atoms with van der Waals surface area (Å²) >= 11 is 0. The third-order valence-electron chi connectivity index (χ3n) is 5.30. The molecule has 0 spiro atoms. The van der Waals surface area contributed by atoms with Gasteiger partial charge in [-0.25, -0.2) is 15.0 Å². The molecule has 2 aromatic heterocycles. The molecule has 11 heteroatoms. The van der Waals surface area contributed by atoms with Crippen LogP contribution in [0.15, 0.2) is 29.5 Å². The van der Waals surface area contributed by atoms with Crippen molar-refractivity contribution < 1.29 is 4.74 Å². The van der Waals surface area contributed by atoms with Gasteiger partial charge in [0.2, 0.25) is 0 Å². The van der Waals surface area contributed by atoms with Gasteiger partial charge in [-0.1, -0.05) is 17.7 Å². The van der Waals surface area contributed by atoms with Crippen LogP contribution in [-0.2, 0) is 13.6 Å². The quantitative estimate of drug-likeness (QED) is 0.562. The van der Waals surface area contributed by atoms with Crippen molar-refractivity contribution >= 4 is 17.8 Å². The molecule has 4 heterocycles. The molecule has 11 nitrogen and oxygen atoms in total. The van der Waals surface area contributed by atoms with Gasteiger partial charge in [0.05, 0.1) is 35.4 Å². The summed E-state index contributed by atoms with van der Waals surface area (Å²) in [6.07, 6.45) is 2.83. The van der Waals surface area contributed by atoms with E-state index in [1.54, 1.807) is 13.4 Å². The molecule has 0 unspecified atom stereocenters. The Morgan fingerprint density at radius 1 is 1.35 bits per heavy atom. The van der Waals surface area contributed by atoms with Crippen LogP contribution in [0.2, 0.25) is 0 Å². The lowest BCUT2D eigenvalue weighted by Gasteiger charge is -2.31. The van der Waals surface area contributed by atoms with Crippen molar-refractivity contribution in [1.82, 2.24) is 30.3 Å². The summed E-state index contributed by atoms with van der Waals surface area (Å²) in [5, 5.41) is 22.2. The number of aryl methyl sites for hydroxylation is 2.